The maximum Gasteiger partial charge on any atom is 0.0270 e. The first-order chi connectivity index (χ1) is 9.88. The molecule has 2 nitrogen and oxygen atoms in total. The van der Waals surface area contributed by atoms with E-state index in [4.69, 9.17) is 0 Å². The molecule has 1 heterocycles. The summed E-state index contributed by atoms with van der Waals surface area (Å²) in [5.41, 5.74) is 4.43. The molecule has 1 aliphatic rings. The van der Waals surface area contributed by atoms with E-state index in [0.717, 1.165) is 13.0 Å². The molecule has 2 heteroatoms. The van der Waals surface area contributed by atoms with Gasteiger partial charge < -0.3 is 5.32 Å². The van der Waals surface area contributed by atoms with E-state index in [9.17, 15) is 0 Å². The first-order valence-corrected chi connectivity index (χ1v) is 7.58. The van der Waals surface area contributed by atoms with Gasteiger partial charge in [-0.05, 0) is 54.6 Å². The molecule has 1 aliphatic carbocycles. The maximum atomic E-state index is 4.11. The van der Waals surface area contributed by atoms with Gasteiger partial charge in [0.25, 0.3) is 0 Å². The molecule has 0 spiro atoms. The summed E-state index contributed by atoms with van der Waals surface area (Å²) in [7, 11) is 0. The second kappa shape index (κ2) is 6.19. The average molecular weight is 266 g/mol. The minimum atomic E-state index is 0.534. The molecule has 20 heavy (non-hydrogen) atoms. The highest BCUT2D eigenvalue weighted by atomic mass is 14.9. The minimum Gasteiger partial charge on any atom is -0.313 e. The highest BCUT2D eigenvalue weighted by Gasteiger charge is 2.32. The Morgan fingerprint density at radius 3 is 2.75 bits per heavy atom. The average Bonchev–Trinajstić information content (AvgIpc) is 2.47. The zero-order valence-electron chi connectivity index (χ0n) is 12.0. The van der Waals surface area contributed by atoms with Crippen LogP contribution < -0.4 is 5.32 Å². The summed E-state index contributed by atoms with van der Waals surface area (Å²) in [5.74, 6) is 0.658. The lowest BCUT2D eigenvalue weighted by molar-refractivity contribution is 0.397. The quantitative estimate of drug-likeness (QED) is 0.867. The van der Waals surface area contributed by atoms with Gasteiger partial charge in [0.2, 0.25) is 0 Å². The van der Waals surface area contributed by atoms with Crippen molar-refractivity contribution < 1.29 is 0 Å². The van der Waals surface area contributed by atoms with E-state index < -0.39 is 0 Å². The van der Waals surface area contributed by atoms with Crippen LogP contribution in [-0.2, 0) is 12.8 Å². The Kier molecular flexibility index (Phi) is 4.12. The molecule has 2 atom stereocenters. The first-order valence-electron chi connectivity index (χ1n) is 7.58. The summed E-state index contributed by atoms with van der Waals surface area (Å²) >= 11 is 0. The van der Waals surface area contributed by atoms with Gasteiger partial charge in [-0.1, -0.05) is 31.2 Å². The lowest BCUT2D eigenvalue weighted by Crippen LogP contribution is -2.41. The van der Waals surface area contributed by atoms with Crippen molar-refractivity contribution in [3.8, 4) is 0 Å². The Hall–Kier alpha value is -1.67. The second-order valence-corrected chi connectivity index (χ2v) is 5.63. The fourth-order valence-electron chi connectivity index (χ4n) is 3.12. The van der Waals surface area contributed by atoms with Gasteiger partial charge in [-0.2, -0.15) is 0 Å². The van der Waals surface area contributed by atoms with Crippen LogP contribution in [0.3, 0.4) is 0 Å². The largest absolute Gasteiger partial charge is 0.313 e. The zero-order valence-corrected chi connectivity index (χ0v) is 12.0. The maximum absolute atomic E-state index is 4.11. The van der Waals surface area contributed by atoms with Crippen LogP contribution in [-0.4, -0.2) is 17.6 Å². The molecule has 2 unspecified atom stereocenters. The standard InChI is InChI=1S/C18H22N2/c1-2-9-20-18(12-14-7-10-19-11-8-14)17-13-15-5-3-4-6-16(15)17/h3-8,10-11,17-18,20H,2,9,12-13H2,1H3. The number of hydrogen-bond donors (Lipinski definition) is 1. The number of nitrogens with one attached hydrogen (secondary N) is 1. The lowest BCUT2D eigenvalue weighted by Gasteiger charge is -2.37. The number of nitrogens with zero attached hydrogens (tertiary/aromatic N) is 1. The molecule has 0 saturated heterocycles. The van der Waals surface area contributed by atoms with E-state index in [1.165, 1.54) is 29.5 Å². The molecule has 1 aromatic carbocycles. The van der Waals surface area contributed by atoms with Crippen molar-refractivity contribution in [2.24, 2.45) is 0 Å². The smallest absolute Gasteiger partial charge is 0.0270 e. The van der Waals surface area contributed by atoms with Gasteiger partial charge in [0.15, 0.2) is 0 Å². The Balaban J connectivity index is 1.74. The van der Waals surface area contributed by atoms with Gasteiger partial charge in [-0.15, -0.1) is 0 Å². The molecule has 0 saturated carbocycles. The SMILES string of the molecule is CCCNC(Cc1ccncc1)C1Cc2ccccc21. The van der Waals surface area contributed by atoms with Crippen molar-refractivity contribution in [3.63, 3.8) is 0 Å². The van der Waals surface area contributed by atoms with Gasteiger partial charge in [0, 0.05) is 24.4 Å². The summed E-state index contributed by atoms with van der Waals surface area (Å²) in [6.07, 6.45) is 7.26. The van der Waals surface area contributed by atoms with E-state index >= 15 is 0 Å². The van der Waals surface area contributed by atoms with Crippen LogP contribution in [0, 0.1) is 0 Å². The summed E-state index contributed by atoms with van der Waals surface area (Å²) in [6.45, 7) is 3.32. The fourth-order valence-corrected chi connectivity index (χ4v) is 3.12. The fraction of sp³-hybridized carbons (Fsp3) is 0.389. The van der Waals surface area contributed by atoms with Crippen molar-refractivity contribution in [1.29, 1.82) is 0 Å². The van der Waals surface area contributed by atoms with Gasteiger partial charge in [-0.3, -0.25) is 4.98 Å². The van der Waals surface area contributed by atoms with Gasteiger partial charge in [0.1, 0.15) is 0 Å². The third-order valence-corrected chi connectivity index (χ3v) is 4.24. The summed E-state index contributed by atoms with van der Waals surface area (Å²) in [4.78, 5) is 4.11. The predicted molar refractivity (Wildman–Crippen MR) is 82.9 cm³/mol. The highest BCUT2D eigenvalue weighted by molar-refractivity contribution is 5.41. The molecule has 0 amide bonds. The summed E-state index contributed by atoms with van der Waals surface area (Å²) in [6, 6.07) is 13.6. The Labute approximate surface area is 121 Å². The topological polar surface area (TPSA) is 24.9 Å². The number of pyridine rings is 1. The summed E-state index contributed by atoms with van der Waals surface area (Å²) in [5, 5.41) is 3.74. The molecule has 0 radical (unpaired) electrons. The molecule has 0 aliphatic heterocycles. The molecular formula is C18H22N2. The Morgan fingerprint density at radius 2 is 2.00 bits per heavy atom. The monoisotopic (exact) mass is 266 g/mol. The van der Waals surface area contributed by atoms with Gasteiger partial charge in [-0.25, -0.2) is 0 Å². The molecule has 1 aromatic heterocycles. The normalized spacial score (nSPS) is 18.1. The third kappa shape index (κ3) is 2.75. The Bertz CT molecular complexity index is 550. The van der Waals surface area contributed by atoms with Crippen LogP contribution in [0.4, 0.5) is 0 Å². The molecule has 0 bridgehead atoms. The number of rotatable bonds is 6. The highest BCUT2D eigenvalue weighted by Crippen LogP contribution is 2.38. The first kappa shape index (κ1) is 13.3. The lowest BCUT2D eigenvalue weighted by atomic mass is 9.72. The second-order valence-electron chi connectivity index (χ2n) is 5.63. The van der Waals surface area contributed by atoms with Crippen molar-refractivity contribution >= 4 is 0 Å². The van der Waals surface area contributed by atoms with Crippen LogP contribution >= 0.6 is 0 Å². The molecule has 2 aromatic rings. The van der Waals surface area contributed by atoms with Crippen LogP contribution in [0.15, 0.2) is 48.8 Å². The number of hydrogen-bond acceptors (Lipinski definition) is 2. The molecule has 104 valence electrons. The van der Waals surface area contributed by atoms with Gasteiger partial charge >= 0.3 is 0 Å². The molecule has 3 rings (SSSR count). The van der Waals surface area contributed by atoms with Crippen LogP contribution in [0.5, 0.6) is 0 Å². The predicted octanol–water partition coefficient (Wildman–Crippen LogP) is 3.33. The van der Waals surface area contributed by atoms with E-state index in [-0.39, 0.29) is 0 Å². The van der Waals surface area contributed by atoms with E-state index in [1.54, 1.807) is 0 Å². The van der Waals surface area contributed by atoms with E-state index in [2.05, 4.69) is 53.6 Å². The third-order valence-electron chi connectivity index (χ3n) is 4.24. The molecular weight excluding hydrogens is 244 g/mol. The zero-order chi connectivity index (χ0) is 13.8. The van der Waals surface area contributed by atoms with Crippen molar-refractivity contribution in [2.75, 3.05) is 6.54 Å². The number of aromatic nitrogens is 1. The van der Waals surface area contributed by atoms with Crippen LogP contribution in [0.25, 0.3) is 0 Å². The summed E-state index contributed by atoms with van der Waals surface area (Å²) < 4.78 is 0. The number of benzene rings is 1. The number of fused-ring (bicyclic) bond motifs is 1. The van der Waals surface area contributed by atoms with Crippen molar-refractivity contribution in [3.05, 3.63) is 65.5 Å². The molecule has 1 N–H and O–H groups in total. The van der Waals surface area contributed by atoms with Crippen LogP contribution in [0.2, 0.25) is 0 Å². The van der Waals surface area contributed by atoms with E-state index in [1.807, 2.05) is 12.4 Å². The molecule has 0 fully saturated rings. The van der Waals surface area contributed by atoms with Gasteiger partial charge in [0.05, 0.1) is 0 Å². The minimum absolute atomic E-state index is 0.534. The van der Waals surface area contributed by atoms with E-state index in [0.29, 0.717) is 12.0 Å². The Morgan fingerprint density at radius 1 is 1.20 bits per heavy atom. The van der Waals surface area contributed by atoms with Crippen LogP contribution in [0.1, 0.15) is 36.0 Å². The van der Waals surface area contributed by atoms with Crippen molar-refractivity contribution in [2.45, 2.75) is 38.1 Å². The van der Waals surface area contributed by atoms with Crippen molar-refractivity contribution in [1.82, 2.24) is 10.3 Å².